The predicted octanol–water partition coefficient (Wildman–Crippen LogP) is 4.49. The van der Waals surface area contributed by atoms with E-state index >= 15 is 0 Å². The van der Waals surface area contributed by atoms with Crippen molar-refractivity contribution in [1.82, 2.24) is 5.32 Å². The first-order valence-electron chi connectivity index (χ1n) is 9.95. The fourth-order valence-corrected chi connectivity index (χ4v) is 3.45. The first-order valence-corrected chi connectivity index (χ1v) is 10.3. The van der Waals surface area contributed by atoms with Crippen LogP contribution in [0.5, 0.6) is 5.75 Å². The van der Waals surface area contributed by atoms with Crippen molar-refractivity contribution in [2.75, 3.05) is 4.90 Å². The van der Waals surface area contributed by atoms with Gasteiger partial charge in [-0.1, -0.05) is 41.9 Å². The third kappa shape index (κ3) is 4.94. The van der Waals surface area contributed by atoms with Gasteiger partial charge in [-0.05, 0) is 47.5 Å². The van der Waals surface area contributed by atoms with Crippen LogP contribution in [0.2, 0.25) is 5.02 Å². The Morgan fingerprint density at radius 2 is 1.74 bits per heavy atom. The van der Waals surface area contributed by atoms with Crippen molar-refractivity contribution < 1.29 is 24.0 Å². The normalized spacial score (nSPS) is 14.8. The molecule has 3 aromatic carbocycles. The van der Waals surface area contributed by atoms with Gasteiger partial charge in [-0.25, -0.2) is 9.69 Å². The fourth-order valence-electron chi connectivity index (χ4n) is 3.26. The minimum absolute atomic E-state index is 0.0243. The van der Waals surface area contributed by atoms with Gasteiger partial charge in [-0.3, -0.25) is 25.0 Å². The number of carbonyl (C=O) groups is 3. The summed E-state index contributed by atoms with van der Waals surface area (Å²) < 4.78 is 5.66. The molecule has 34 heavy (non-hydrogen) atoms. The van der Waals surface area contributed by atoms with Gasteiger partial charge in [-0.2, -0.15) is 0 Å². The Labute approximate surface area is 198 Å². The van der Waals surface area contributed by atoms with Crippen LogP contribution in [-0.2, 0) is 16.2 Å². The topological polar surface area (TPSA) is 119 Å². The molecule has 0 radical (unpaired) electrons. The van der Waals surface area contributed by atoms with Crippen molar-refractivity contribution in [3.8, 4) is 5.75 Å². The molecule has 0 bridgehead atoms. The van der Waals surface area contributed by atoms with E-state index in [-0.39, 0.29) is 23.6 Å². The second-order valence-corrected chi connectivity index (χ2v) is 7.66. The lowest BCUT2D eigenvalue weighted by Gasteiger charge is -2.26. The van der Waals surface area contributed by atoms with E-state index < -0.39 is 22.8 Å². The highest BCUT2D eigenvalue weighted by Gasteiger charge is 2.36. The summed E-state index contributed by atoms with van der Waals surface area (Å²) in [7, 11) is 0. The van der Waals surface area contributed by atoms with Crippen LogP contribution in [0, 0.1) is 10.1 Å². The van der Waals surface area contributed by atoms with Gasteiger partial charge in [0.2, 0.25) is 0 Å². The molecule has 0 atom stereocenters. The van der Waals surface area contributed by atoms with Gasteiger partial charge in [0.05, 0.1) is 10.6 Å². The van der Waals surface area contributed by atoms with E-state index in [4.69, 9.17) is 16.3 Å². The molecule has 170 valence electrons. The number of barbiturate groups is 1. The quantitative estimate of drug-likeness (QED) is 0.242. The zero-order chi connectivity index (χ0) is 24.2. The Hall–Kier alpha value is -4.50. The van der Waals surface area contributed by atoms with Crippen LogP contribution in [0.25, 0.3) is 6.08 Å². The van der Waals surface area contributed by atoms with E-state index in [1.165, 1.54) is 30.3 Å². The average Bonchev–Trinajstić information content (AvgIpc) is 2.81. The molecule has 1 fully saturated rings. The number of imide groups is 2. The van der Waals surface area contributed by atoms with Crippen LogP contribution < -0.4 is 15.0 Å². The van der Waals surface area contributed by atoms with Crippen molar-refractivity contribution in [1.29, 1.82) is 0 Å². The number of nitrogens with one attached hydrogen (secondary N) is 1. The Balaban J connectivity index is 1.50. The standard InChI is InChI=1S/C24H16ClN3O6/c25-17-4-2-5-18(13-17)27-23(30)21(22(29)26-24(27)31)12-15-7-9-20(10-8-15)34-14-16-3-1-6-19(11-16)28(32)33/h1-13H,14H2,(H,26,29,31)/b21-12+. The van der Waals surface area contributed by atoms with Gasteiger partial charge in [0.25, 0.3) is 17.5 Å². The largest absolute Gasteiger partial charge is 0.489 e. The molecule has 0 aromatic heterocycles. The molecule has 0 saturated carbocycles. The molecule has 1 N–H and O–H groups in total. The second kappa shape index (κ2) is 9.55. The van der Waals surface area contributed by atoms with Gasteiger partial charge >= 0.3 is 6.03 Å². The maximum absolute atomic E-state index is 12.9. The van der Waals surface area contributed by atoms with Crippen molar-refractivity contribution in [2.24, 2.45) is 0 Å². The molecule has 1 heterocycles. The van der Waals surface area contributed by atoms with Crippen molar-refractivity contribution >= 4 is 46.9 Å². The summed E-state index contributed by atoms with van der Waals surface area (Å²) in [4.78, 5) is 48.8. The first kappa shape index (κ1) is 22.7. The molecule has 4 amide bonds. The first-order chi connectivity index (χ1) is 16.3. The van der Waals surface area contributed by atoms with Crippen molar-refractivity contribution in [3.05, 3.63) is 105 Å². The smallest absolute Gasteiger partial charge is 0.335 e. The highest BCUT2D eigenvalue weighted by Crippen LogP contribution is 2.25. The molecule has 0 unspecified atom stereocenters. The number of nitrogens with zero attached hydrogens (tertiary/aromatic N) is 2. The molecule has 1 aliphatic rings. The number of ether oxygens (including phenoxy) is 1. The van der Waals surface area contributed by atoms with E-state index in [1.54, 1.807) is 48.5 Å². The van der Waals surface area contributed by atoms with E-state index in [2.05, 4.69) is 5.32 Å². The predicted molar refractivity (Wildman–Crippen MR) is 124 cm³/mol. The molecular formula is C24H16ClN3O6. The number of urea groups is 1. The Morgan fingerprint density at radius 1 is 1.00 bits per heavy atom. The second-order valence-electron chi connectivity index (χ2n) is 7.22. The van der Waals surface area contributed by atoms with Crippen LogP contribution in [-0.4, -0.2) is 22.8 Å². The van der Waals surface area contributed by atoms with Gasteiger partial charge in [0.15, 0.2) is 0 Å². The summed E-state index contributed by atoms with van der Waals surface area (Å²) in [6, 6.07) is 18.0. The average molecular weight is 478 g/mol. The molecule has 0 aliphatic carbocycles. The minimum atomic E-state index is -0.862. The zero-order valence-electron chi connectivity index (χ0n) is 17.4. The molecule has 1 aliphatic heterocycles. The summed E-state index contributed by atoms with van der Waals surface area (Å²) in [5, 5.41) is 13.4. The lowest BCUT2D eigenvalue weighted by Crippen LogP contribution is -2.54. The number of benzene rings is 3. The number of nitro groups is 1. The summed E-state index contributed by atoms with van der Waals surface area (Å²) in [5.41, 5.74) is 1.16. The van der Waals surface area contributed by atoms with E-state index in [0.717, 1.165) is 4.90 Å². The Kier molecular flexibility index (Phi) is 6.37. The van der Waals surface area contributed by atoms with Gasteiger partial charge in [0, 0.05) is 17.2 Å². The molecule has 10 heteroatoms. The highest BCUT2D eigenvalue weighted by molar-refractivity contribution is 6.39. The van der Waals surface area contributed by atoms with E-state index in [0.29, 0.717) is 21.9 Å². The number of rotatable bonds is 6. The van der Waals surface area contributed by atoms with E-state index in [1.807, 2.05) is 0 Å². The number of nitro benzene ring substituents is 1. The number of anilines is 1. The lowest BCUT2D eigenvalue weighted by molar-refractivity contribution is -0.384. The Bertz CT molecular complexity index is 1340. The summed E-state index contributed by atoms with van der Waals surface area (Å²) in [6.07, 6.45) is 1.37. The van der Waals surface area contributed by atoms with Crippen LogP contribution in [0.3, 0.4) is 0 Å². The zero-order valence-corrected chi connectivity index (χ0v) is 18.2. The molecule has 4 rings (SSSR count). The number of hydrogen-bond donors (Lipinski definition) is 1. The molecule has 0 spiro atoms. The van der Waals surface area contributed by atoms with Gasteiger partial charge in [0.1, 0.15) is 17.9 Å². The summed E-state index contributed by atoms with van der Waals surface area (Å²) in [5.74, 6) is -1.09. The van der Waals surface area contributed by atoms with Gasteiger partial charge in [-0.15, -0.1) is 0 Å². The molecular weight excluding hydrogens is 462 g/mol. The maximum atomic E-state index is 12.9. The third-order valence-electron chi connectivity index (χ3n) is 4.89. The Morgan fingerprint density at radius 3 is 2.44 bits per heavy atom. The number of amides is 4. The number of non-ortho nitro benzene ring substituents is 1. The highest BCUT2D eigenvalue weighted by atomic mass is 35.5. The summed E-state index contributed by atoms with van der Waals surface area (Å²) in [6.45, 7) is 0.125. The fraction of sp³-hybridized carbons (Fsp3) is 0.0417. The molecule has 9 nitrogen and oxygen atoms in total. The van der Waals surface area contributed by atoms with Gasteiger partial charge < -0.3 is 4.74 Å². The summed E-state index contributed by atoms with van der Waals surface area (Å²) >= 11 is 5.96. The number of halogens is 1. The van der Waals surface area contributed by atoms with E-state index in [9.17, 15) is 24.5 Å². The van der Waals surface area contributed by atoms with Crippen LogP contribution in [0.1, 0.15) is 11.1 Å². The van der Waals surface area contributed by atoms with Crippen molar-refractivity contribution in [2.45, 2.75) is 6.61 Å². The monoisotopic (exact) mass is 477 g/mol. The maximum Gasteiger partial charge on any atom is 0.335 e. The van der Waals surface area contributed by atoms with Crippen molar-refractivity contribution in [3.63, 3.8) is 0 Å². The third-order valence-corrected chi connectivity index (χ3v) is 5.12. The number of carbonyl (C=O) groups excluding carboxylic acids is 3. The molecule has 3 aromatic rings. The van der Waals surface area contributed by atoms with Crippen LogP contribution in [0.15, 0.2) is 78.4 Å². The lowest BCUT2D eigenvalue weighted by atomic mass is 10.1. The number of hydrogen-bond acceptors (Lipinski definition) is 6. The molecule has 1 saturated heterocycles. The van der Waals surface area contributed by atoms with Crippen LogP contribution in [0.4, 0.5) is 16.2 Å². The SMILES string of the molecule is O=C1NC(=O)N(c2cccc(Cl)c2)C(=O)/C1=C/c1ccc(OCc2cccc([N+](=O)[O-])c2)cc1. The minimum Gasteiger partial charge on any atom is -0.489 e. The van der Waals surface area contributed by atoms with Crippen LogP contribution >= 0.6 is 11.6 Å².